The van der Waals surface area contributed by atoms with E-state index in [-0.39, 0.29) is 10.4 Å². The standard InChI is InChI=1S/C17H16BrClO/c1-17(2)10-13-9-12(5-8-15(13)20-17)16(18)11-3-6-14(19)7-4-11/h3-9,16H,10H2,1-2H3. The molecule has 0 aliphatic carbocycles. The molecule has 3 heteroatoms. The lowest BCUT2D eigenvalue weighted by Crippen LogP contribution is -2.24. The van der Waals surface area contributed by atoms with Gasteiger partial charge in [0.15, 0.2) is 0 Å². The molecule has 3 rings (SSSR count). The minimum atomic E-state index is -0.0942. The van der Waals surface area contributed by atoms with Crippen LogP contribution in [0.2, 0.25) is 5.02 Å². The lowest BCUT2D eigenvalue weighted by Gasteiger charge is -2.16. The Balaban J connectivity index is 1.90. The highest BCUT2D eigenvalue weighted by Crippen LogP contribution is 2.39. The van der Waals surface area contributed by atoms with Crippen molar-refractivity contribution in [3.05, 3.63) is 64.2 Å². The fraction of sp³-hybridized carbons (Fsp3) is 0.294. The third kappa shape index (κ3) is 2.72. The van der Waals surface area contributed by atoms with E-state index in [9.17, 15) is 0 Å². The molecule has 0 spiro atoms. The van der Waals surface area contributed by atoms with E-state index in [1.165, 1.54) is 16.7 Å². The number of hydrogen-bond acceptors (Lipinski definition) is 1. The fourth-order valence-corrected chi connectivity index (χ4v) is 3.33. The van der Waals surface area contributed by atoms with E-state index in [1.807, 2.05) is 12.1 Å². The smallest absolute Gasteiger partial charge is 0.123 e. The van der Waals surface area contributed by atoms with Gasteiger partial charge in [-0.05, 0) is 48.7 Å². The molecule has 0 saturated heterocycles. The van der Waals surface area contributed by atoms with Crippen molar-refractivity contribution < 1.29 is 4.74 Å². The highest BCUT2D eigenvalue weighted by atomic mass is 79.9. The minimum absolute atomic E-state index is 0.0942. The minimum Gasteiger partial charge on any atom is -0.487 e. The molecule has 1 aliphatic rings. The zero-order valence-corrected chi connectivity index (χ0v) is 13.8. The van der Waals surface area contributed by atoms with E-state index in [0.717, 1.165) is 17.2 Å². The Morgan fingerprint density at radius 3 is 2.45 bits per heavy atom. The molecule has 1 atom stereocenters. The Kier molecular flexibility index (Phi) is 3.55. The predicted octanol–water partition coefficient (Wildman–Crippen LogP) is 5.54. The van der Waals surface area contributed by atoms with Crippen LogP contribution in [0.3, 0.4) is 0 Å². The summed E-state index contributed by atoms with van der Waals surface area (Å²) in [5.74, 6) is 1.01. The molecule has 0 fully saturated rings. The number of halogens is 2. The molecule has 0 aromatic heterocycles. The number of alkyl halides is 1. The second-order valence-electron chi connectivity index (χ2n) is 5.82. The molecule has 104 valence electrons. The molecular formula is C17H16BrClO. The Morgan fingerprint density at radius 1 is 1.10 bits per heavy atom. The normalized spacial score (nSPS) is 17.4. The average Bonchev–Trinajstić information content (AvgIpc) is 2.71. The molecule has 20 heavy (non-hydrogen) atoms. The van der Waals surface area contributed by atoms with E-state index in [4.69, 9.17) is 16.3 Å². The molecular weight excluding hydrogens is 336 g/mol. The lowest BCUT2D eigenvalue weighted by molar-refractivity contribution is 0.138. The summed E-state index contributed by atoms with van der Waals surface area (Å²) in [6, 6.07) is 14.4. The number of hydrogen-bond donors (Lipinski definition) is 0. The summed E-state index contributed by atoms with van der Waals surface area (Å²) >= 11 is 9.71. The van der Waals surface area contributed by atoms with Crippen molar-refractivity contribution in [1.29, 1.82) is 0 Å². The van der Waals surface area contributed by atoms with Crippen molar-refractivity contribution in [3.63, 3.8) is 0 Å². The summed E-state index contributed by atoms with van der Waals surface area (Å²) in [5.41, 5.74) is 3.63. The predicted molar refractivity (Wildman–Crippen MR) is 87.1 cm³/mol. The molecule has 1 aliphatic heterocycles. The van der Waals surface area contributed by atoms with Crippen molar-refractivity contribution in [2.45, 2.75) is 30.7 Å². The van der Waals surface area contributed by atoms with Crippen molar-refractivity contribution in [2.75, 3.05) is 0 Å². The van der Waals surface area contributed by atoms with Gasteiger partial charge in [0.2, 0.25) is 0 Å². The fourth-order valence-electron chi connectivity index (χ4n) is 2.61. The Hall–Kier alpha value is -0.990. The second kappa shape index (κ2) is 5.09. The first-order chi connectivity index (χ1) is 9.44. The molecule has 0 radical (unpaired) electrons. The summed E-state index contributed by atoms with van der Waals surface area (Å²) in [5, 5.41) is 0.762. The summed E-state index contributed by atoms with van der Waals surface area (Å²) in [4.78, 5) is 0.175. The monoisotopic (exact) mass is 350 g/mol. The molecule has 1 unspecified atom stereocenters. The quantitative estimate of drug-likeness (QED) is 0.646. The zero-order chi connectivity index (χ0) is 14.3. The van der Waals surface area contributed by atoms with Gasteiger partial charge in [-0.15, -0.1) is 0 Å². The zero-order valence-electron chi connectivity index (χ0n) is 11.5. The average molecular weight is 352 g/mol. The molecule has 2 aromatic carbocycles. The lowest BCUT2D eigenvalue weighted by atomic mass is 9.98. The summed E-state index contributed by atoms with van der Waals surface area (Å²) in [6.07, 6.45) is 0.955. The maximum absolute atomic E-state index is 5.94. The first kappa shape index (κ1) is 14.0. The third-order valence-corrected chi connectivity index (χ3v) is 4.85. The van der Waals surface area contributed by atoms with E-state index in [2.05, 4.69) is 60.1 Å². The van der Waals surface area contributed by atoms with Crippen LogP contribution in [0.1, 0.15) is 35.4 Å². The van der Waals surface area contributed by atoms with Crippen molar-refractivity contribution in [1.82, 2.24) is 0 Å². The van der Waals surface area contributed by atoms with Gasteiger partial charge in [0.05, 0.1) is 4.83 Å². The molecule has 2 aromatic rings. The first-order valence-corrected chi connectivity index (χ1v) is 7.95. The Morgan fingerprint density at radius 2 is 1.75 bits per heavy atom. The van der Waals surface area contributed by atoms with Crippen molar-refractivity contribution in [2.24, 2.45) is 0 Å². The maximum atomic E-state index is 5.94. The van der Waals surface area contributed by atoms with E-state index in [1.54, 1.807) is 0 Å². The van der Waals surface area contributed by atoms with Crippen LogP contribution in [-0.2, 0) is 6.42 Å². The van der Waals surface area contributed by atoms with Crippen LogP contribution < -0.4 is 4.74 Å². The van der Waals surface area contributed by atoms with Crippen LogP contribution in [0.5, 0.6) is 5.75 Å². The Labute approximate surface area is 133 Å². The van der Waals surface area contributed by atoms with Crippen LogP contribution in [0.4, 0.5) is 0 Å². The van der Waals surface area contributed by atoms with Gasteiger partial charge < -0.3 is 4.74 Å². The van der Waals surface area contributed by atoms with Crippen LogP contribution in [0.15, 0.2) is 42.5 Å². The second-order valence-corrected chi connectivity index (χ2v) is 7.17. The number of ether oxygens (including phenoxy) is 1. The number of fused-ring (bicyclic) bond motifs is 1. The van der Waals surface area contributed by atoms with Gasteiger partial charge in [0.1, 0.15) is 11.4 Å². The van der Waals surface area contributed by atoms with E-state index < -0.39 is 0 Å². The van der Waals surface area contributed by atoms with Gasteiger partial charge in [0, 0.05) is 11.4 Å². The van der Waals surface area contributed by atoms with Gasteiger partial charge in [-0.3, -0.25) is 0 Å². The van der Waals surface area contributed by atoms with Crippen molar-refractivity contribution >= 4 is 27.5 Å². The van der Waals surface area contributed by atoms with Gasteiger partial charge in [-0.2, -0.15) is 0 Å². The van der Waals surface area contributed by atoms with Gasteiger partial charge in [0.25, 0.3) is 0 Å². The SMILES string of the molecule is CC1(C)Cc2cc(C(Br)c3ccc(Cl)cc3)ccc2O1. The van der Waals surface area contributed by atoms with Crippen LogP contribution in [-0.4, -0.2) is 5.60 Å². The summed E-state index contributed by atoms with van der Waals surface area (Å²) in [7, 11) is 0. The van der Waals surface area contributed by atoms with Crippen LogP contribution in [0, 0.1) is 0 Å². The number of rotatable bonds is 2. The van der Waals surface area contributed by atoms with Gasteiger partial charge in [-0.1, -0.05) is 51.8 Å². The number of benzene rings is 2. The molecule has 1 heterocycles. The molecule has 0 saturated carbocycles. The van der Waals surface area contributed by atoms with Crippen LogP contribution >= 0.6 is 27.5 Å². The van der Waals surface area contributed by atoms with Crippen LogP contribution in [0.25, 0.3) is 0 Å². The van der Waals surface area contributed by atoms with E-state index >= 15 is 0 Å². The highest BCUT2D eigenvalue weighted by Gasteiger charge is 2.30. The Bertz CT molecular complexity index is 634. The molecule has 0 amide bonds. The summed E-state index contributed by atoms with van der Waals surface area (Å²) < 4.78 is 5.92. The third-order valence-electron chi connectivity index (χ3n) is 3.54. The largest absolute Gasteiger partial charge is 0.487 e. The van der Waals surface area contributed by atoms with Gasteiger partial charge in [-0.25, -0.2) is 0 Å². The van der Waals surface area contributed by atoms with E-state index in [0.29, 0.717) is 0 Å². The maximum Gasteiger partial charge on any atom is 0.123 e. The highest BCUT2D eigenvalue weighted by molar-refractivity contribution is 9.09. The van der Waals surface area contributed by atoms with Gasteiger partial charge >= 0.3 is 0 Å². The molecule has 0 bridgehead atoms. The molecule has 1 nitrogen and oxygen atoms in total. The summed E-state index contributed by atoms with van der Waals surface area (Å²) in [6.45, 7) is 4.25. The topological polar surface area (TPSA) is 9.23 Å². The van der Waals surface area contributed by atoms with Crippen molar-refractivity contribution in [3.8, 4) is 5.75 Å². The first-order valence-electron chi connectivity index (χ1n) is 6.66. The molecule has 0 N–H and O–H groups in total.